The van der Waals surface area contributed by atoms with Crippen LogP contribution in [-0.4, -0.2) is 31.1 Å². The Hall–Kier alpha value is 0.0200. The summed E-state index contributed by atoms with van der Waals surface area (Å²) in [5.41, 5.74) is 0. The van der Waals surface area contributed by atoms with Gasteiger partial charge in [0.1, 0.15) is 10.7 Å². The molecule has 0 aliphatic rings. The van der Waals surface area contributed by atoms with Crippen molar-refractivity contribution in [1.29, 1.82) is 0 Å². The Balaban J connectivity index is 3.13. The first-order chi connectivity index (χ1) is 7.75. The molecular weight excluding hydrogens is 377 g/mol. The van der Waals surface area contributed by atoms with Crippen LogP contribution in [0.5, 0.6) is 0 Å². The van der Waals surface area contributed by atoms with Gasteiger partial charge in [-0.3, -0.25) is 0 Å². The van der Waals surface area contributed by atoms with E-state index in [1.165, 1.54) is 19.2 Å². The van der Waals surface area contributed by atoms with Crippen LogP contribution in [0.25, 0.3) is 0 Å². The summed E-state index contributed by atoms with van der Waals surface area (Å²) >= 11 is 6.35. The van der Waals surface area contributed by atoms with Gasteiger partial charge in [-0.2, -0.15) is 4.31 Å². The average Bonchev–Trinajstić information content (AvgIpc) is 2.15. The van der Waals surface area contributed by atoms with E-state index >= 15 is 0 Å². The molecule has 1 atom stereocenters. The summed E-state index contributed by atoms with van der Waals surface area (Å²) in [6.45, 7) is 2.10. The molecule has 0 spiro atoms. The van der Waals surface area contributed by atoms with Gasteiger partial charge in [0, 0.05) is 22.9 Å². The van der Waals surface area contributed by atoms with Crippen LogP contribution in [0, 0.1) is 5.82 Å². The molecule has 1 aromatic rings. The number of nitrogens with zero attached hydrogens (tertiary/aromatic N) is 1. The van der Waals surface area contributed by atoms with E-state index in [0.29, 0.717) is 4.47 Å². The van der Waals surface area contributed by atoms with E-state index in [2.05, 4.69) is 31.9 Å². The maximum atomic E-state index is 13.6. The second-order valence-electron chi connectivity index (χ2n) is 3.64. The zero-order valence-corrected chi connectivity index (χ0v) is 13.3. The lowest BCUT2D eigenvalue weighted by atomic mass is 10.3. The predicted molar refractivity (Wildman–Crippen MR) is 72.3 cm³/mol. The van der Waals surface area contributed by atoms with E-state index in [0.717, 1.165) is 10.4 Å². The van der Waals surface area contributed by atoms with E-state index in [-0.39, 0.29) is 16.3 Å². The topological polar surface area (TPSA) is 37.4 Å². The number of halogens is 3. The third kappa shape index (κ3) is 3.74. The zero-order chi connectivity index (χ0) is 13.2. The number of alkyl halides is 1. The molecule has 0 bridgehead atoms. The lowest BCUT2D eigenvalue weighted by Crippen LogP contribution is -2.31. The second-order valence-corrected chi connectivity index (χ2v) is 8.13. The van der Waals surface area contributed by atoms with Crippen molar-refractivity contribution in [2.45, 2.75) is 16.6 Å². The molecule has 17 heavy (non-hydrogen) atoms. The molecule has 0 N–H and O–H groups in total. The fourth-order valence-corrected chi connectivity index (χ4v) is 3.56. The minimum Gasteiger partial charge on any atom is -0.207 e. The molecule has 0 fully saturated rings. The van der Waals surface area contributed by atoms with Crippen LogP contribution in [0.1, 0.15) is 6.92 Å². The van der Waals surface area contributed by atoms with Crippen molar-refractivity contribution in [2.24, 2.45) is 0 Å². The summed E-state index contributed by atoms with van der Waals surface area (Å²) in [6, 6.07) is 3.89. The number of sulfonamides is 1. The van der Waals surface area contributed by atoms with Crippen molar-refractivity contribution in [2.75, 3.05) is 13.6 Å². The minimum atomic E-state index is -3.77. The molecule has 0 aliphatic carbocycles. The van der Waals surface area contributed by atoms with Gasteiger partial charge in [-0.25, -0.2) is 12.8 Å². The van der Waals surface area contributed by atoms with Crippen molar-refractivity contribution in [3.8, 4) is 0 Å². The summed E-state index contributed by atoms with van der Waals surface area (Å²) in [5, 5.41) is 0. The Kier molecular flexibility index (Phi) is 5.12. The normalized spacial score (nSPS) is 14.0. The quantitative estimate of drug-likeness (QED) is 0.743. The number of hydrogen-bond acceptors (Lipinski definition) is 2. The minimum absolute atomic E-state index is 0.000726. The molecule has 0 saturated carbocycles. The lowest BCUT2D eigenvalue weighted by Gasteiger charge is -2.18. The molecule has 0 amide bonds. The smallest absolute Gasteiger partial charge is 0.207 e. The van der Waals surface area contributed by atoms with Gasteiger partial charge in [0.25, 0.3) is 0 Å². The standard InChI is InChI=1S/C10H12Br2FNO2S/c1-7(11)6-14(2)17(15,16)10-4-3-8(12)5-9(10)13/h3-5,7H,6H2,1-2H3. The highest BCUT2D eigenvalue weighted by molar-refractivity contribution is 9.10. The number of benzene rings is 1. The van der Waals surface area contributed by atoms with Crippen molar-refractivity contribution in [1.82, 2.24) is 4.31 Å². The molecule has 0 aromatic heterocycles. The van der Waals surface area contributed by atoms with Crippen molar-refractivity contribution < 1.29 is 12.8 Å². The predicted octanol–water partition coefficient (Wildman–Crippen LogP) is 2.99. The van der Waals surface area contributed by atoms with Gasteiger partial charge in [0.2, 0.25) is 10.0 Å². The third-order valence-corrected chi connectivity index (χ3v) is 4.73. The third-order valence-electron chi connectivity index (χ3n) is 2.09. The average molecular weight is 389 g/mol. The molecule has 3 nitrogen and oxygen atoms in total. The van der Waals surface area contributed by atoms with Gasteiger partial charge in [-0.15, -0.1) is 0 Å². The summed E-state index contributed by atoms with van der Waals surface area (Å²) in [4.78, 5) is -0.308. The van der Waals surface area contributed by atoms with Gasteiger partial charge < -0.3 is 0 Å². The Morgan fingerprint density at radius 1 is 1.47 bits per heavy atom. The molecule has 7 heteroatoms. The van der Waals surface area contributed by atoms with Crippen LogP contribution in [-0.2, 0) is 10.0 Å². The SMILES string of the molecule is CC(Br)CN(C)S(=O)(=O)c1ccc(Br)cc1F. The monoisotopic (exact) mass is 387 g/mol. The van der Waals surface area contributed by atoms with E-state index in [4.69, 9.17) is 0 Å². The highest BCUT2D eigenvalue weighted by atomic mass is 79.9. The summed E-state index contributed by atoms with van der Waals surface area (Å²) in [5.74, 6) is -0.756. The second kappa shape index (κ2) is 5.77. The van der Waals surface area contributed by atoms with Crippen molar-refractivity contribution >= 4 is 41.9 Å². The molecule has 0 saturated heterocycles. The highest BCUT2D eigenvalue weighted by Gasteiger charge is 2.25. The highest BCUT2D eigenvalue weighted by Crippen LogP contribution is 2.22. The molecule has 96 valence electrons. The van der Waals surface area contributed by atoms with Crippen molar-refractivity contribution in [3.63, 3.8) is 0 Å². The molecule has 0 heterocycles. The van der Waals surface area contributed by atoms with Gasteiger partial charge >= 0.3 is 0 Å². The first-order valence-electron chi connectivity index (χ1n) is 4.80. The van der Waals surface area contributed by atoms with Crippen LogP contribution < -0.4 is 0 Å². The lowest BCUT2D eigenvalue weighted by molar-refractivity contribution is 0.466. The van der Waals surface area contributed by atoms with Crippen LogP contribution in [0.15, 0.2) is 27.6 Å². The Bertz CT molecular complexity index is 505. The van der Waals surface area contributed by atoms with Gasteiger partial charge in [-0.05, 0) is 18.2 Å². The van der Waals surface area contributed by atoms with Gasteiger partial charge in [0.15, 0.2) is 0 Å². The summed E-state index contributed by atoms with van der Waals surface area (Å²) < 4.78 is 39.3. The molecular formula is C10H12Br2FNO2S. The Morgan fingerprint density at radius 3 is 2.53 bits per heavy atom. The molecule has 1 aromatic carbocycles. The van der Waals surface area contributed by atoms with Gasteiger partial charge in [0.05, 0.1) is 0 Å². The number of hydrogen-bond donors (Lipinski definition) is 0. The molecule has 1 unspecified atom stereocenters. The molecule has 1 rings (SSSR count). The van der Waals surface area contributed by atoms with E-state index in [1.54, 1.807) is 0 Å². The van der Waals surface area contributed by atoms with E-state index in [1.807, 2.05) is 6.92 Å². The van der Waals surface area contributed by atoms with Crippen LogP contribution >= 0.6 is 31.9 Å². The molecule has 0 aliphatic heterocycles. The van der Waals surface area contributed by atoms with Crippen LogP contribution in [0.2, 0.25) is 0 Å². The van der Waals surface area contributed by atoms with Crippen molar-refractivity contribution in [3.05, 3.63) is 28.5 Å². The number of rotatable bonds is 4. The summed E-state index contributed by atoms with van der Waals surface area (Å²) in [7, 11) is -2.35. The zero-order valence-electron chi connectivity index (χ0n) is 9.32. The maximum absolute atomic E-state index is 13.6. The van der Waals surface area contributed by atoms with Crippen LogP contribution in [0.4, 0.5) is 4.39 Å². The van der Waals surface area contributed by atoms with Gasteiger partial charge in [-0.1, -0.05) is 38.8 Å². The molecule has 0 radical (unpaired) electrons. The maximum Gasteiger partial charge on any atom is 0.245 e. The largest absolute Gasteiger partial charge is 0.245 e. The van der Waals surface area contributed by atoms with E-state index in [9.17, 15) is 12.8 Å². The summed E-state index contributed by atoms with van der Waals surface area (Å²) in [6.07, 6.45) is 0. The first kappa shape index (κ1) is 15.1. The van der Waals surface area contributed by atoms with E-state index < -0.39 is 15.8 Å². The Morgan fingerprint density at radius 2 is 2.06 bits per heavy atom. The Labute approximate surface area is 117 Å². The fraction of sp³-hybridized carbons (Fsp3) is 0.400. The fourth-order valence-electron chi connectivity index (χ4n) is 1.30. The first-order valence-corrected chi connectivity index (χ1v) is 7.95. The van der Waals surface area contributed by atoms with Crippen LogP contribution in [0.3, 0.4) is 0 Å².